The highest BCUT2D eigenvalue weighted by molar-refractivity contribution is 7.89. The predicted molar refractivity (Wildman–Crippen MR) is 106 cm³/mol. The fourth-order valence-electron chi connectivity index (χ4n) is 3.15. The number of amides is 1. The molecule has 9 nitrogen and oxygen atoms in total. The molecule has 1 fully saturated rings. The molecule has 1 N–H and O–H groups in total. The van der Waals surface area contributed by atoms with Crippen molar-refractivity contribution in [2.45, 2.75) is 17.7 Å². The normalized spacial score (nSPS) is 17.8. The largest absolute Gasteiger partial charge is 0.573 e. The van der Waals surface area contributed by atoms with Gasteiger partial charge < -0.3 is 9.64 Å². The predicted octanol–water partition coefficient (Wildman–Crippen LogP) is 1.56. The molecule has 2 aliphatic heterocycles. The molecule has 166 valence electrons. The number of anilines is 1. The average Bonchev–Trinajstić information content (AvgIpc) is 3.01. The van der Waals surface area contributed by atoms with Gasteiger partial charge in [-0.15, -0.1) is 24.5 Å². The Balaban J connectivity index is 1.42. The number of ether oxygens (including phenoxy) is 1. The van der Waals surface area contributed by atoms with Crippen LogP contribution in [0, 0.1) is 0 Å². The lowest BCUT2D eigenvalue weighted by molar-refractivity contribution is -0.274. The van der Waals surface area contributed by atoms with Crippen molar-refractivity contribution in [3.63, 3.8) is 0 Å². The molecule has 4 rings (SSSR count). The number of sulfonamides is 1. The van der Waals surface area contributed by atoms with Crippen LogP contribution >= 0.6 is 11.3 Å². The molecule has 0 spiro atoms. The van der Waals surface area contributed by atoms with E-state index >= 15 is 0 Å². The van der Waals surface area contributed by atoms with Crippen molar-refractivity contribution in [2.75, 3.05) is 31.1 Å². The Kier molecular flexibility index (Phi) is 5.61. The molecule has 1 aromatic heterocycles. The van der Waals surface area contributed by atoms with Crippen molar-refractivity contribution in [3.05, 3.63) is 34.8 Å². The third-order valence-electron chi connectivity index (χ3n) is 4.62. The number of benzene rings is 1. The number of aromatic nitrogens is 1. The maximum atomic E-state index is 12.8. The molecule has 0 radical (unpaired) electrons. The number of fused-ring (bicyclic) bond motifs is 1. The molecule has 1 amide bonds. The van der Waals surface area contributed by atoms with Crippen LogP contribution in [0.3, 0.4) is 0 Å². The third kappa shape index (κ3) is 4.80. The number of carbonyl (C=O) groups is 1. The third-order valence-corrected chi connectivity index (χ3v) is 7.66. The molecular weight excluding hydrogens is 459 g/mol. The maximum absolute atomic E-state index is 12.8. The Morgan fingerprint density at radius 1 is 1.10 bits per heavy atom. The van der Waals surface area contributed by atoms with E-state index in [1.165, 1.54) is 21.9 Å². The second-order valence-electron chi connectivity index (χ2n) is 6.69. The van der Waals surface area contributed by atoms with Gasteiger partial charge in [-0.05, 0) is 24.3 Å². The summed E-state index contributed by atoms with van der Waals surface area (Å²) in [7, 11) is -3.86. The molecule has 2 aromatic rings. The monoisotopic (exact) mass is 475 g/mol. The van der Waals surface area contributed by atoms with E-state index in [2.05, 4.69) is 20.2 Å². The van der Waals surface area contributed by atoms with Crippen LogP contribution in [0.25, 0.3) is 0 Å². The minimum Gasteiger partial charge on any atom is -0.406 e. The minimum absolute atomic E-state index is 0.112. The van der Waals surface area contributed by atoms with Gasteiger partial charge in [-0.3, -0.25) is 4.79 Å². The van der Waals surface area contributed by atoms with Crippen molar-refractivity contribution < 1.29 is 31.1 Å². The number of alkyl halides is 3. The van der Waals surface area contributed by atoms with Crippen LogP contribution < -0.4 is 15.1 Å². The van der Waals surface area contributed by atoms with Crippen LogP contribution in [0.15, 0.2) is 34.3 Å². The standard InChI is InChI=1S/C17H16F3N5O4S2/c18-17(19,20)29-11-1-3-12(4-2-11)31(27,28)25-7-5-24(6-8-25)16-22-13-10-21-23-15(26)9-14(13)30-16/h1-4,10H,5-9H2,(H,23,26). The number of rotatable bonds is 4. The van der Waals surface area contributed by atoms with Crippen LogP contribution in [0.1, 0.15) is 10.6 Å². The second-order valence-corrected chi connectivity index (χ2v) is 9.69. The van der Waals surface area contributed by atoms with Crippen LogP contribution in [-0.4, -0.2) is 62.4 Å². The van der Waals surface area contributed by atoms with Crippen molar-refractivity contribution in [1.82, 2.24) is 14.7 Å². The fraction of sp³-hybridized carbons (Fsp3) is 0.353. The summed E-state index contributed by atoms with van der Waals surface area (Å²) < 4.78 is 67.5. The highest BCUT2D eigenvalue weighted by Crippen LogP contribution is 2.29. The van der Waals surface area contributed by atoms with Gasteiger partial charge in [-0.2, -0.15) is 9.41 Å². The zero-order valence-corrected chi connectivity index (χ0v) is 17.4. The SMILES string of the molecule is O=C1Cc2sc(N3CCN(S(=O)(=O)c4ccc(OC(F)(F)F)cc4)CC3)nc2C=NN1. The van der Waals surface area contributed by atoms with Crippen molar-refractivity contribution in [2.24, 2.45) is 5.10 Å². The van der Waals surface area contributed by atoms with E-state index in [-0.39, 0.29) is 30.3 Å². The van der Waals surface area contributed by atoms with Gasteiger partial charge >= 0.3 is 6.36 Å². The van der Waals surface area contributed by atoms with E-state index in [1.54, 1.807) is 0 Å². The lowest BCUT2D eigenvalue weighted by Gasteiger charge is -2.33. The smallest absolute Gasteiger partial charge is 0.406 e. The van der Waals surface area contributed by atoms with Crippen LogP contribution in [0.2, 0.25) is 0 Å². The molecule has 0 saturated carbocycles. The topological polar surface area (TPSA) is 104 Å². The van der Waals surface area contributed by atoms with E-state index in [4.69, 9.17) is 0 Å². The Hall–Kier alpha value is -2.71. The summed E-state index contributed by atoms with van der Waals surface area (Å²) in [5.41, 5.74) is 2.98. The van der Waals surface area contributed by atoms with Gasteiger partial charge in [0, 0.05) is 31.1 Å². The molecule has 0 bridgehead atoms. The number of piperazine rings is 1. The van der Waals surface area contributed by atoms with Gasteiger partial charge in [0.2, 0.25) is 15.9 Å². The molecule has 1 aromatic carbocycles. The van der Waals surface area contributed by atoms with Crippen molar-refractivity contribution in [1.29, 1.82) is 0 Å². The minimum atomic E-state index is -4.85. The molecule has 3 heterocycles. The zero-order valence-electron chi connectivity index (χ0n) is 15.8. The quantitative estimate of drug-likeness (QED) is 0.720. The van der Waals surface area contributed by atoms with Crippen molar-refractivity contribution in [3.8, 4) is 5.75 Å². The first kappa shape index (κ1) is 21.5. The van der Waals surface area contributed by atoms with E-state index < -0.39 is 22.1 Å². The molecule has 2 aliphatic rings. The summed E-state index contributed by atoms with van der Waals surface area (Å²) in [5, 5.41) is 4.48. The first-order valence-corrected chi connectivity index (χ1v) is 11.3. The number of thiazole rings is 1. The van der Waals surface area contributed by atoms with Gasteiger partial charge in [0.1, 0.15) is 11.4 Å². The first-order chi connectivity index (χ1) is 14.6. The highest BCUT2D eigenvalue weighted by Gasteiger charge is 2.32. The van der Waals surface area contributed by atoms with Crippen LogP contribution in [0.5, 0.6) is 5.75 Å². The van der Waals surface area contributed by atoms with E-state index in [0.29, 0.717) is 23.9 Å². The zero-order chi connectivity index (χ0) is 22.2. The summed E-state index contributed by atoms with van der Waals surface area (Å²) in [6, 6.07) is 4.12. The molecular formula is C17H16F3N5O4S2. The van der Waals surface area contributed by atoms with E-state index in [0.717, 1.165) is 29.1 Å². The average molecular weight is 475 g/mol. The van der Waals surface area contributed by atoms with E-state index in [1.807, 2.05) is 4.90 Å². The highest BCUT2D eigenvalue weighted by atomic mass is 32.2. The summed E-state index contributed by atoms with van der Waals surface area (Å²) in [5.74, 6) is -0.718. The number of nitrogens with one attached hydrogen (secondary N) is 1. The van der Waals surface area contributed by atoms with Gasteiger partial charge in [0.15, 0.2) is 5.13 Å². The lowest BCUT2D eigenvalue weighted by Crippen LogP contribution is -2.48. The van der Waals surface area contributed by atoms with Gasteiger partial charge in [-0.1, -0.05) is 0 Å². The fourth-order valence-corrected chi connectivity index (χ4v) is 5.65. The Morgan fingerprint density at radius 2 is 1.77 bits per heavy atom. The number of halogens is 3. The first-order valence-electron chi connectivity index (χ1n) is 9.04. The van der Waals surface area contributed by atoms with E-state index in [9.17, 15) is 26.4 Å². The summed E-state index contributed by atoms with van der Waals surface area (Å²) in [6.07, 6.45) is -3.19. The van der Waals surface area contributed by atoms with Crippen LogP contribution in [-0.2, 0) is 21.2 Å². The molecule has 31 heavy (non-hydrogen) atoms. The lowest BCUT2D eigenvalue weighted by atomic mass is 10.3. The van der Waals surface area contributed by atoms with Gasteiger partial charge in [0.05, 0.1) is 17.5 Å². The maximum Gasteiger partial charge on any atom is 0.573 e. The summed E-state index contributed by atoms with van der Waals surface area (Å²) in [6.45, 7) is 1.12. The summed E-state index contributed by atoms with van der Waals surface area (Å²) >= 11 is 1.36. The number of nitrogens with zero attached hydrogens (tertiary/aromatic N) is 4. The van der Waals surface area contributed by atoms with Gasteiger partial charge in [-0.25, -0.2) is 18.8 Å². The molecule has 0 unspecified atom stereocenters. The molecule has 0 aliphatic carbocycles. The number of hydrazone groups is 1. The van der Waals surface area contributed by atoms with Crippen molar-refractivity contribution >= 4 is 38.6 Å². The second kappa shape index (κ2) is 8.09. The Morgan fingerprint density at radius 3 is 2.42 bits per heavy atom. The van der Waals surface area contributed by atoms with Gasteiger partial charge in [0.25, 0.3) is 0 Å². The number of hydrogen-bond acceptors (Lipinski definition) is 8. The Labute approximate surface area is 179 Å². The summed E-state index contributed by atoms with van der Waals surface area (Å²) in [4.78, 5) is 18.7. The molecule has 1 saturated heterocycles. The molecule has 14 heteroatoms. The number of hydrogen-bond donors (Lipinski definition) is 1. The van der Waals surface area contributed by atoms with Crippen LogP contribution in [0.4, 0.5) is 18.3 Å². The Bertz CT molecular complexity index is 1110. The molecule has 0 atom stereocenters. The number of carbonyl (C=O) groups excluding carboxylic acids is 1.